The SMILES string of the molecule is Cc1ccncc1C(=O)N(C)Cc1csc(NC(=O)NCc2cccc(F)c2)n1. The molecule has 3 rings (SSSR count). The lowest BCUT2D eigenvalue weighted by molar-refractivity contribution is 0.0782. The van der Waals surface area contributed by atoms with Crippen molar-refractivity contribution in [3.05, 3.63) is 76.3 Å². The van der Waals surface area contributed by atoms with Crippen LogP contribution in [0.1, 0.15) is 27.2 Å². The number of hydrogen-bond donors (Lipinski definition) is 2. The summed E-state index contributed by atoms with van der Waals surface area (Å²) in [6.07, 6.45) is 3.19. The van der Waals surface area contributed by atoms with E-state index in [0.717, 1.165) is 5.56 Å². The summed E-state index contributed by atoms with van der Waals surface area (Å²) in [6.45, 7) is 2.36. The van der Waals surface area contributed by atoms with Gasteiger partial charge in [0.25, 0.3) is 5.91 Å². The number of halogens is 1. The zero-order valence-electron chi connectivity index (χ0n) is 16.0. The highest BCUT2D eigenvalue weighted by Crippen LogP contribution is 2.18. The smallest absolute Gasteiger partial charge is 0.321 e. The monoisotopic (exact) mass is 413 g/mol. The van der Waals surface area contributed by atoms with Crippen LogP contribution in [-0.4, -0.2) is 33.9 Å². The second-order valence-electron chi connectivity index (χ2n) is 6.43. The summed E-state index contributed by atoms with van der Waals surface area (Å²) in [6, 6.07) is 7.36. The number of hydrogen-bond acceptors (Lipinski definition) is 5. The molecule has 2 N–H and O–H groups in total. The van der Waals surface area contributed by atoms with Crippen LogP contribution in [0.3, 0.4) is 0 Å². The molecule has 2 heterocycles. The molecule has 0 saturated carbocycles. The molecule has 2 aromatic heterocycles. The Kier molecular flexibility index (Phi) is 6.50. The van der Waals surface area contributed by atoms with Crippen molar-refractivity contribution in [1.29, 1.82) is 0 Å². The van der Waals surface area contributed by atoms with Gasteiger partial charge < -0.3 is 10.2 Å². The third-order valence-electron chi connectivity index (χ3n) is 4.13. The third-order valence-corrected chi connectivity index (χ3v) is 4.94. The molecule has 1 aromatic carbocycles. The number of benzene rings is 1. The number of pyridine rings is 1. The van der Waals surface area contributed by atoms with Crippen molar-refractivity contribution in [2.75, 3.05) is 12.4 Å². The first-order valence-corrected chi connectivity index (χ1v) is 9.70. The van der Waals surface area contributed by atoms with Gasteiger partial charge in [0.15, 0.2) is 5.13 Å². The number of aryl methyl sites for hydroxylation is 1. The van der Waals surface area contributed by atoms with Gasteiger partial charge in [-0.2, -0.15) is 0 Å². The minimum Gasteiger partial charge on any atom is -0.336 e. The van der Waals surface area contributed by atoms with Crippen molar-refractivity contribution in [1.82, 2.24) is 20.2 Å². The summed E-state index contributed by atoms with van der Waals surface area (Å²) >= 11 is 1.26. The highest BCUT2D eigenvalue weighted by molar-refractivity contribution is 7.13. The van der Waals surface area contributed by atoms with Gasteiger partial charge in [-0.25, -0.2) is 14.2 Å². The predicted molar refractivity (Wildman–Crippen MR) is 109 cm³/mol. The van der Waals surface area contributed by atoms with Crippen molar-refractivity contribution in [2.45, 2.75) is 20.0 Å². The van der Waals surface area contributed by atoms with Crippen molar-refractivity contribution in [3.8, 4) is 0 Å². The van der Waals surface area contributed by atoms with Gasteiger partial charge in [0.05, 0.1) is 17.8 Å². The van der Waals surface area contributed by atoms with E-state index in [9.17, 15) is 14.0 Å². The van der Waals surface area contributed by atoms with E-state index in [0.29, 0.717) is 28.5 Å². The van der Waals surface area contributed by atoms with Crippen LogP contribution in [0.4, 0.5) is 14.3 Å². The first-order valence-electron chi connectivity index (χ1n) is 8.82. The summed E-state index contributed by atoms with van der Waals surface area (Å²) in [7, 11) is 1.69. The van der Waals surface area contributed by atoms with Gasteiger partial charge in [-0.05, 0) is 36.2 Å². The van der Waals surface area contributed by atoms with E-state index in [-0.39, 0.29) is 18.3 Å². The lowest BCUT2D eigenvalue weighted by Gasteiger charge is -2.16. The Bertz CT molecular complexity index is 1020. The van der Waals surface area contributed by atoms with Crippen molar-refractivity contribution in [2.24, 2.45) is 0 Å². The fourth-order valence-electron chi connectivity index (χ4n) is 2.62. The number of aromatic nitrogens is 2. The lowest BCUT2D eigenvalue weighted by atomic mass is 10.1. The molecule has 0 aliphatic carbocycles. The van der Waals surface area contributed by atoms with E-state index in [2.05, 4.69) is 20.6 Å². The number of thiazole rings is 1. The van der Waals surface area contributed by atoms with E-state index < -0.39 is 6.03 Å². The molecular weight excluding hydrogens is 393 g/mol. The molecular formula is C20H20FN5O2S. The van der Waals surface area contributed by atoms with Crippen LogP contribution >= 0.6 is 11.3 Å². The normalized spacial score (nSPS) is 10.4. The highest BCUT2D eigenvalue weighted by atomic mass is 32.1. The number of nitrogens with zero attached hydrogens (tertiary/aromatic N) is 3. The van der Waals surface area contributed by atoms with Crippen molar-refractivity contribution in [3.63, 3.8) is 0 Å². The van der Waals surface area contributed by atoms with Crippen LogP contribution in [0.25, 0.3) is 0 Å². The van der Waals surface area contributed by atoms with Gasteiger partial charge in [0.2, 0.25) is 0 Å². The second kappa shape index (κ2) is 9.24. The number of carbonyl (C=O) groups excluding carboxylic acids is 2. The molecule has 0 spiro atoms. The maximum atomic E-state index is 13.2. The van der Waals surface area contributed by atoms with Crippen LogP contribution in [0, 0.1) is 12.7 Å². The summed E-state index contributed by atoms with van der Waals surface area (Å²) in [5.41, 5.74) is 2.71. The molecule has 3 amide bonds. The number of rotatable bonds is 6. The summed E-state index contributed by atoms with van der Waals surface area (Å²) < 4.78 is 13.2. The maximum Gasteiger partial charge on any atom is 0.321 e. The number of amides is 3. The van der Waals surface area contributed by atoms with Crippen LogP contribution in [0.2, 0.25) is 0 Å². The molecule has 0 fully saturated rings. The Labute approximate surface area is 171 Å². The quantitative estimate of drug-likeness (QED) is 0.647. The van der Waals surface area contributed by atoms with Gasteiger partial charge in [0.1, 0.15) is 5.82 Å². The molecule has 0 atom stereocenters. The number of carbonyl (C=O) groups is 2. The molecule has 0 saturated heterocycles. The number of nitrogens with one attached hydrogen (secondary N) is 2. The van der Waals surface area contributed by atoms with E-state index in [1.54, 1.807) is 47.9 Å². The molecule has 0 aliphatic rings. The lowest BCUT2D eigenvalue weighted by Crippen LogP contribution is -2.28. The molecule has 3 aromatic rings. The Balaban J connectivity index is 1.53. The first-order chi connectivity index (χ1) is 13.9. The largest absolute Gasteiger partial charge is 0.336 e. The van der Waals surface area contributed by atoms with E-state index >= 15 is 0 Å². The predicted octanol–water partition coefficient (Wildman–Crippen LogP) is 3.58. The van der Waals surface area contributed by atoms with Crippen molar-refractivity contribution < 1.29 is 14.0 Å². The fraction of sp³-hybridized carbons (Fsp3) is 0.200. The van der Waals surface area contributed by atoms with Gasteiger partial charge in [-0.3, -0.25) is 15.1 Å². The number of anilines is 1. The van der Waals surface area contributed by atoms with E-state index in [4.69, 9.17) is 0 Å². The van der Waals surface area contributed by atoms with Crippen LogP contribution < -0.4 is 10.6 Å². The first kappa shape index (κ1) is 20.4. The molecule has 0 radical (unpaired) electrons. The Hall–Kier alpha value is -3.33. The molecule has 0 bridgehead atoms. The van der Waals surface area contributed by atoms with Crippen molar-refractivity contribution >= 4 is 28.4 Å². The minimum absolute atomic E-state index is 0.147. The Morgan fingerprint density at radius 2 is 2.10 bits per heavy atom. The van der Waals surface area contributed by atoms with Crippen LogP contribution in [0.15, 0.2) is 48.1 Å². The van der Waals surface area contributed by atoms with Gasteiger partial charge in [-0.1, -0.05) is 12.1 Å². The zero-order valence-corrected chi connectivity index (χ0v) is 16.8. The topological polar surface area (TPSA) is 87.2 Å². The molecule has 29 heavy (non-hydrogen) atoms. The second-order valence-corrected chi connectivity index (χ2v) is 7.29. The molecule has 150 valence electrons. The summed E-state index contributed by atoms with van der Waals surface area (Å²) in [5, 5.41) is 7.48. The van der Waals surface area contributed by atoms with Crippen LogP contribution in [0.5, 0.6) is 0 Å². The Morgan fingerprint density at radius 3 is 2.86 bits per heavy atom. The molecule has 0 aliphatic heterocycles. The minimum atomic E-state index is -0.439. The van der Waals surface area contributed by atoms with E-state index in [1.807, 2.05) is 6.92 Å². The highest BCUT2D eigenvalue weighted by Gasteiger charge is 2.16. The van der Waals surface area contributed by atoms with Crippen LogP contribution in [-0.2, 0) is 13.1 Å². The average Bonchev–Trinajstić information content (AvgIpc) is 3.13. The number of urea groups is 1. The maximum absolute atomic E-state index is 13.2. The molecule has 0 unspecified atom stereocenters. The summed E-state index contributed by atoms with van der Waals surface area (Å²) in [5.74, 6) is -0.500. The zero-order chi connectivity index (χ0) is 20.8. The third kappa shape index (κ3) is 5.58. The van der Waals surface area contributed by atoms with Gasteiger partial charge in [0, 0.05) is 31.4 Å². The van der Waals surface area contributed by atoms with Gasteiger partial charge in [-0.15, -0.1) is 11.3 Å². The molecule has 9 heteroatoms. The standard InChI is InChI=1S/C20H20FN5O2S/c1-13-6-7-22-10-17(13)18(27)26(2)11-16-12-29-20(24-16)25-19(28)23-9-14-4-3-5-15(21)8-14/h3-8,10,12H,9,11H2,1-2H3,(H2,23,24,25,28). The van der Waals surface area contributed by atoms with E-state index in [1.165, 1.54) is 23.5 Å². The molecule has 7 nitrogen and oxygen atoms in total. The summed E-state index contributed by atoms with van der Waals surface area (Å²) in [4.78, 5) is 34.4. The fourth-order valence-corrected chi connectivity index (χ4v) is 3.31. The Morgan fingerprint density at radius 1 is 1.28 bits per heavy atom. The van der Waals surface area contributed by atoms with Gasteiger partial charge >= 0.3 is 6.03 Å². The average molecular weight is 413 g/mol.